The summed E-state index contributed by atoms with van der Waals surface area (Å²) in [6.45, 7) is 4.36. The summed E-state index contributed by atoms with van der Waals surface area (Å²) >= 11 is 0. The van der Waals surface area contributed by atoms with Crippen molar-refractivity contribution in [2.45, 2.75) is 19.3 Å². The molecule has 0 spiro atoms. The summed E-state index contributed by atoms with van der Waals surface area (Å²) in [5.41, 5.74) is 4.38. The van der Waals surface area contributed by atoms with E-state index >= 15 is 0 Å². The third-order valence-electron chi connectivity index (χ3n) is 5.37. The molecular weight excluding hydrogens is 338 g/mol. The Morgan fingerprint density at radius 1 is 1.11 bits per heavy atom. The Morgan fingerprint density at radius 3 is 2.67 bits per heavy atom. The molecule has 136 valence electrons. The lowest BCUT2D eigenvalue weighted by molar-refractivity contribution is -0.401. The number of benzene rings is 2. The Balaban J connectivity index is 1.78. The van der Waals surface area contributed by atoms with Gasteiger partial charge in [0.15, 0.2) is 11.1 Å². The highest BCUT2D eigenvalue weighted by atomic mass is 16.5. The van der Waals surface area contributed by atoms with Gasteiger partial charge in [-0.3, -0.25) is 4.79 Å². The van der Waals surface area contributed by atoms with Crippen molar-refractivity contribution in [3.8, 4) is 5.75 Å². The van der Waals surface area contributed by atoms with Crippen molar-refractivity contribution >= 4 is 28.4 Å². The fraction of sp³-hybridized carbons (Fsp3) is 0.217. The van der Waals surface area contributed by atoms with Crippen molar-refractivity contribution in [3.63, 3.8) is 0 Å². The normalized spacial score (nSPS) is 15.6. The Hall–Kier alpha value is -3.14. The van der Waals surface area contributed by atoms with Gasteiger partial charge in [0, 0.05) is 17.7 Å². The Morgan fingerprint density at radius 2 is 1.89 bits per heavy atom. The van der Waals surface area contributed by atoms with Gasteiger partial charge in [-0.2, -0.15) is 4.58 Å². The van der Waals surface area contributed by atoms with E-state index in [1.54, 1.807) is 19.2 Å². The lowest BCUT2D eigenvalue weighted by atomic mass is 9.81. The van der Waals surface area contributed by atoms with Crippen LogP contribution >= 0.6 is 0 Å². The van der Waals surface area contributed by atoms with E-state index < -0.39 is 0 Å². The SMILES string of the molecule is COc1ccc2c(c1)C(C)(C)C(/C=C/c1coc3ccccc3c1=O)=[N+]2C. The van der Waals surface area contributed by atoms with E-state index in [1.165, 1.54) is 11.8 Å². The number of methoxy groups -OCH3 is 1. The minimum absolute atomic E-state index is 0.0219. The summed E-state index contributed by atoms with van der Waals surface area (Å²) in [5, 5.41) is 0.594. The molecule has 0 amide bonds. The summed E-state index contributed by atoms with van der Waals surface area (Å²) < 4.78 is 13.2. The van der Waals surface area contributed by atoms with Gasteiger partial charge in [0.05, 0.1) is 23.5 Å². The molecule has 0 atom stereocenters. The molecule has 0 fully saturated rings. The van der Waals surface area contributed by atoms with Gasteiger partial charge in [0.1, 0.15) is 24.6 Å². The van der Waals surface area contributed by atoms with E-state index in [9.17, 15) is 4.79 Å². The van der Waals surface area contributed by atoms with Crippen LogP contribution in [0.2, 0.25) is 0 Å². The van der Waals surface area contributed by atoms with Crippen molar-refractivity contribution in [1.29, 1.82) is 0 Å². The molecule has 0 bridgehead atoms. The van der Waals surface area contributed by atoms with Crippen LogP contribution in [0.3, 0.4) is 0 Å². The number of para-hydroxylation sites is 1. The summed E-state index contributed by atoms with van der Waals surface area (Å²) in [6.07, 6.45) is 5.38. The smallest absolute Gasteiger partial charge is 0.209 e. The molecule has 4 rings (SSSR count). The average molecular weight is 360 g/mol. The van der Waals surface area contributed by atoms with Crippen LogP contribution in [0.4, 0.5) is 5.69 Å². The zero-order valence-electron chi connectivity index (χ0n) is 15.9. The van der Waals surface area contributed by atoms with Gasteiger partial charge >= 0.3 is 0 Å². The molecule has 2 aromatic carbocycles. The number of fused-ring (bicyclic) bond motifs is 2. The monoisotopic (exact) mass is 360 g/mol. The molecule has 1 aromatic heterocycles. The van der Waals surface area contributed by atoms with Gasteiger partial charge in [-0.05, 0) is 44.2 Å². The molecule has 3 aromatic rings. The molecule has 0 N–H and O–H groups in total. The minimum Gasteiger partial charge on any atom is -0.497 e. The maximum atomic E-state index is 12.7. The van der Waals surface area contributed by atoms with Crippen LogP contribution in [0.5, 0.6) is 5.75 Å². The lowest BCUT2D eigenvalue weighted by Gasteiger charge is -2.16. The molecule has 0 radical (unpaired) electrons. The summed E-state index contributed by atoms with van der Waals surface area (Å²) in [7, 11) is 3.72. The molecule has 0 aliphatic carbocycles. The first-order chi connectivity index (χ1) is 12.9. The first kappa shape index (κ1) is 17.3. The topological polar surface area (TPSA) is 42.4 Å². The van der Waals surface area contributed by atoms with Crippen molar-refractivity contribution in [2.75, 3.05) is 14.2 Å². The van der Waals surface area contributed by atoms with Crippen LogP contribution < -0.4 is 10.2 Å². The Labute approximate surface area is 158 Å². The van der Waals surface area contributed by atoms with Crippen molar-refractivity contribution in [1.82, 2.24) is 0 Å². The second-order valence-electron chi connectivity index (χ2n) is 7.30. The molecule has 4 heteroatoms. The Bertz CT molecular complexity index is 1170. The van der Waals surface area contributed by atoms with Crippen molar-refractivity contribution in [3.05, 3.63) is 76.2 Å². The first-order valence-corrected chi connectivity index (χ1v) is 8.92. The summed E-state index contributed by atoms with van der Waals surface area (Å²) in [5.74, 6) is 0.843. The zero-order chi connectivity index (χ0) is 19.2. The molecule has 0 saturated heterocycles. The van der Waals surface area contributed by atoms with Gasteiger partial charge in [-0.25, -0.2) is 0 Å². The van der Waals surface area contributed by atoms with E-state index in [0.717, 1.165) is 17.1 Å². The van der Waals surface area contributed by atoms with E-state index in [-0.39, 0.29) is 10.8 Å². The number of hydrogen-bond donors (Lipinski definition) is 0. The fourth-order valence-corrected chi connectivity index (χ4v) is 3.82. The van der Waals surface area contributed by atoms with E-state index in [0.29, 0.717) is 16.5 Å². The van der Waals surface area contributed by atoms with Crippen LogP contribution in [-0.4, -0.2) is 24.4 Å². The van der Waals surface area contributed by atoms with Crippen LogP contribution in [0, 0.1) is 0 Å². The molecule has 0 unspecified atom stereocenters. The first-order valence-electron chi connectivity index (χ1n) is 8.92. The highest BCUT2D eigenvalue weighted by Gasteiger charge is 2.43. The summed E-state index contributed by atoms with van der Waals surface area (Å²) in [4.78, 5) is 12.7. The molecule has 0 saturated carbocycles. The Kier molecular flexibility index (Phi) is 3.99. The second kappa shape index (κ2) is 6.23. The average Bonchev–Trinajstić information content (AvgIpc) is 2.87. The molecule has 2 heterocycles. The number of hydrogen-bond acceptors (Lipinski definition) is 3. The summed E-state index contributed by atoms with van der Waals surface area (Å²) in [6, 6.07) is 13.4. The quantitative estimate of drug-likeness (QED) is 0.645. The second-order valence-corrected chi connectivity index (χ2v) is 7.30. The molecule has 1 aliphatic rings. The van der Waals surface area contributed by atoms with Gasteiger partial charge in [-0.15, -0.1) is 0 Å². The van der Waals surface area contributed by atoms with Gasteiger partial charge in [0.25, 0.3) is 0 Å². The maximum Gasteiger partial charge on any atom is 0.209 e. The molecule has 1 aliphatic heterocycles. The predicted octanol–water partition coefficient (Wildman–Crippen LogP) is 4.52. The zero-order valence-corrected chi connectivity index (χ0v) is 15.9. The minimum atomic E-state index is -0.202. The highest BCUT2D eigenvalue weighted by Crippen LogP contribution is 2.41. The van der Waals surface area contributed by atoms with Crippen molar-refractivity contribution in [2.24, 2.45) is 0 Å². The highest BCUT2D eigenvalue weighted by molar-refractivity contribution is 6.05. The van der Waals surface area contributed by atoms with Crippen LogP contribution in [0.25, 0.3) is 17.0 Å². The molecule has 27 heavy (non-hydrogen) atoms. The number of rotatable bonds is 3. The van der Waals surface area contributed by atoms with Crippen molar-refractivity contribution < 1.29 is 13.7 Å². The van der Waals surface area contributed by atoms with Gasteiger partial charge in [-0.1, -0.05) is 12.1 Å². The van der Waals surface area contributed by atoms with Gasteiger partial charge in [0.2, 0.25) is 5.69 Å². The lowest BCUT2D eigenvalue weighted by Crippen LogP contribution is -2.26. The maximum absolute atomic E-state index is 12.7. The van der Waals surface area contributed by atoms with E-state index in [2.05, 4.69) is 30.6 Å². The third kappa shape index (κ3) is 2.69. The van der Waals surface area contributed by atoms with Gasteiger partial charge < -0.3 is 9.15 Å². The molecule has 4 nitrogen and oxygen atoms in total. The standard InChI is InChI=1S/C23H22NO3/c1-23(2)18-13-16(26-4)10-11-19(18)24(3)21(23)12-9-15-14-27-20-8-6-5-7-17(20)22(15)25/h5-14H,1-4H3/q+1/b12-9+. The van der Waals surface area contributed by atoms with Crippen LogP contribution in [0.15, 0.2) is 64.0 Å². The number of nitrogens with zero attached hydrogens (tertiary/aromatic N) is 1. The number of ether oxygens (including phenoxy) is 1. The van der Waals surface area contributed by atoms with Crippen LogP contribution in [-0.2, 0) is 5.41 Å². The van der Waals surface area contributed by atoms with E-state index in [4.69, 9.17) is 9.15 Å². The van der Waals surface area contributed by atoms with Crippen LogP contribution in [0.1, 0.15) is 25.0 Å². The largest absolute Gasteiger partial charge is 0.497 e. The van der Waals surface area contributed by atoms with E-state index in [1.807, 2.05) is 37.4 Å². The fourth-order valence-electron chi connectivity index (χ4n) is 3.82. The third-order valence-corrected chi connectivity index (χ3v) is 5.37. The predicted molar refractivity (Wildman–Crippen MR) is 108 cm³/mol. The number of allylic oxidation sites excluding steroid dienone is 1. The molecular formula is C23H22NO3+.